The fraction of sp³-hybridized carbons (Fsp3) is 0.0909. The number of hydrogen-bond acceptors (Lipinski definition) is 4. The van der Waals surface area contributed by atoms with Gasteiger partial charge in [0.2, 0.25) is 0 Å². The van der Waals surface area contributed by atoms with E-state index in [-0.39, 0.29) is 0 Å². The molecule has 0 spiro atoms. The normalized spacial score (nSPS) is 10.2. The third-order valence-corrected chi connectivity index (χ3v) is 2.73. The summed E-state index contributed by atoms with van der Waals surface area (Å²) in [4.78, 5) is 9.40. The van der Waals surface area contributed by atoms with Crippen LogP contribution in [0.5, 0.6) is 0 Å². The highest BCUT2D eigenvalue weighted by atomic mass is 32.2. The lowest BCUT2D eigenvalue weighted by molar-refractivity contribution is 0.971. The summed E-state index contributed by atoms with van der Waals surface area (Å²) < 4.78 is 0. The molecule has 2 N–H and O–H groups in total. The van der Waals surface area contributed by atoms with E-state index in [4.69, 9.17) is 5.73 Å². The molecule has 3 nitrogen and oxygen atoms in total. The number of anilines is 1. The van der Waals surface area contributed by atoms with Gasteiger partial charge in [-0.15, -0.1) is 0 Å². The van der Waals surface area contributed by atoms with Crippen molar-refractivity contribution >= 4 is 17.4 Å². The lowest BCUT2D eigenvalue weighted by atomic mass is 10.2. The summed E-state index contributed by atoms with van der Waals surface area (Å²) in [7, 11) is 0. The molecule has 76 valence electrons. The third kappa shape index (κ3) is 2.70. The van der Waals surface area contributed by atoms with Crippen molar-refractivity contribution in [2.45, 2.75) is 17.0 Å². The molecule has 0 saturated heterocycles. The van der Waals surface area contributed by atoms with Gasteiger partial charge in [0.05, 0.1) is 18.1 Å². The number of nitrogen functional groups attached to an aromatic ring is 1. The van der Waals surface area contributed by atoms with E-state index in [1.54, 1.807) is 12.4 Å². The van der Waals surface area contributed by atoms with E-state index in [2.05, 4.69) is 29.0 Å². The average Bonchev–Trinajstić information content (AvgIpc) is 2.22. The fourth-order valence-electron chi connectivity index (χ4n) is 1.16. The first-order valence-electron chi connectivity index (χ1n) is 4.56. The second kappa shape index (κ2) is 4.31. The van der Waals surface area contributed by atoms with E-state index in [1.807, 2.05) is 12.1 Å². The van der Waals surface area contributed by atoms with Gasteiger partial charge in [0.25, 0.3) is 0 Å². The second-order valence-corrected chi connectivity index (χ2v) is 4.26. The minimum absolute atomic E-state index is 0.587. The van der Waals surface area contributed by atoms with Gasteiger partial charge in [-0.2, -0.15) is 0 Å². The SMILES string of the molecule is Cc1cccc(Sc2ncc(N)cn2)c1. The van der Waals surface area contributed by atoms with Gasteiger partial charge in [0.15, 0.2) is 5.16 Å². The fourth-order valence-corrected chi connectivity index (χ4v) is 1.98. The number of nitrogens with two attached hydrogens (primary N) is 1. The quantitative estimate of drug-likeness (QED) is 0.785. The first-order chi connectivity index (χ1) is 7.24. The maximum absolute atomic E-state index is 5.51. The molecule has 1 aromatic carbocycles. The first kappa shape index (κ1) is 9.98. The number of rotatable bonds is 2. The van der Waals surface area contributed by atoms with Crippen LogP contribution in [0.1, 0.15) is 5.56 Å². The molecule has 0 saturated carbocycles. The van der Waals surface area contributed by atoms with Crippen LogP contribution >= 0.6 is 11.8 Å². The smallest absolute Gasteiger partial charge is 0.192 e. The molecule has 0 fully saturated rings. The molecule has 4 heteroatoms. The van der Waals surface area contributed by atoms with E-state index < -0.39 is 0 Å². The summed E-state index contributed by atoms with van der Waals surface area (Å²) in [6.07, 6.45) is 3.23. The van der Waals surface area contributed by atoms with Gasteiger partial charge in [-0.3, -0.25) is 0 Å². The Morgan fingerprint density at radius 2 is 1.93 bits per heavy atom. The Hall–Kier alpha value is -1.55. The van der Waals surface area contributed by atoms with E-state index in [9.17, 15) is 0 Å². The van der Waals surface area contributed by atoms with Crippen LogP contribution in [0.15, 0.2) is 46.7 Å². The molecule has 0 bridgehead atoms. The van der Waals surface area contributed by atoms with Crippen molar-refractivity contribution in [3.05, 3.63) is 42.2 Å². The molecule has 2 rings (SSSR count). The molecule has 0 aliphatic heterocycles. The molecule has 1 aromatic heterocycles. The summed E-state index contributed by atoms with van der Waals surface area (Å²) in [5.41, 5.74) is 7.33. The van der Waals surface area contributed by atoms with Crippen LogP contribution in [0.2, 0.25) is 0 Å². The summed E-state index contributed by atoms with van der Waals surface area (Å²) in [6.45, 7) is 2.06. The van der Waals surface area contributed by atoms with Crippen LogP contribution < -0.4 is 5.73 Å². The Bertz CT molecular complexity index is 454. The van der Waals surface area contributed by atoms with Gasteiger partial charge in [0, 0.05) is 4.90 Å². The van der Waals surface area contributed by atoms with Crippen molar-refractivity contribution in [2.24, 2.45) is 0 Å². The number of hydrogen-bond donors (Lipinski definition) is 1. The Kier molecular flexibility index (Phi) is 2.87. The molecule has 0 unspecified atom stereocenters. The van der Waals surface area contributed by atoms with Gasteiger partial charge >= 0.3 is 0 Å². The second-order valence-electron chi connectivity index (χ2n) is 3.22. The van der Waals surface area contributed by atoms with Crippen LogP contribution in [0.25, 0.3) is 0 Å². The maximum atomic E-state index is 5.51. The maximum Gasteiger partial charge on any atom is 0.192 e. The van der Waals surface area contributed by atoms with Crippen LogP contribution in [0, 0.1) is 6.92 Å². The minimum atomic E-state index is 0.587. The standard InChI is InChI=1S/C11H11N3S/c1-8-3-2-4-10(5-8)15-11-13-6-9(12)7-14-11/h2-7H,12H2,1H3. The predicted molar refractivity (Wildman–Crippen MR) is 61.7 cm³/mol. The topological polar surface area (TPSA) is 51.8 Å². The van der Waals surface area contributed by atoms with Gasteiger partial charge < -0.3 is 5.73 Å². The Morgan fingerprint density at radius 1 is 1.20 bits per heavy atom. The minimum Gasteiger partial charge on any atom is -0.396 e. The monoisotopic (exact) mass is 217 g/mol. The Balaban J connectivity index is 2.18. The molecule has 0 radical (unpaired) electrons. The van der Waals surface area contributed by atoms with Crippen molar-refractivity contribution in [2.75, 3.05) is 5.73 Å². The van der Waals surface area contributed by atoms with Gasteiger partial charge in [-0.05, 0) is 30.8 Å². The van der Waals surface area contributed by atoms with Crippen LogP contribution in [-0.2, 0) is 0 Å². The Labute approximate surface area is 92.8 Å². The average molecular weight is 217 g/mol. The number of aryl methyl sites for hydroxylation is 1. The van der Waals surface area contributed by atoms with Gasteiger partial charge in [-0.1, -0.05) is 17.7 Å². The predicted octanol–water partition coefficient (Wildman–Crippen LogP) is 2.52. The zero-order valence-electron chi connectivity index (χ0n) is 8.34. The van der Waals surface area contributed by atoms with Crippen molar-refractivity contribution in [3.8, 4) is 0 Å². The van der Waals surface area contributed by atoms with E-state index >= 15 is 0 Å². The van der Waals surface area contributed by atoms with E-state index in [0.717, 1.165) is 10.1 Å². The molecule has 1 heterocycles. The summed E-state index contributed by atoms with van der Waals surface area (Å²) >= 11 is 1.53. The lowest BCUT2D eigenvalue weighted by Crippen LogP contribution is -1.90. The summed E-state index contributed by atoms with van der Waals surface area (Å²) in [6, 6.07) is 8.23. The molecular weight excluding hydrogens is 206 g/mol. The molecule has 0 amide bonds. The first-order valence-corrected chi connectivity index (χ1v) is 5.38. The van der Waals surface area contributed by atoms with Crippen molar-refractivity contribution in [3.63, 3.8) is 0 Å². The summed E-state index contributed by atoms with van der Waals surface area (Å²) in [5.74, 6) is 0. The molecule has 15 heavy (non-hydrogen) atoms. The molecular formula is C11H11N3S. The zero-order chi connectivity index (χ0) is 10.7. The van der Waals surface area contributed by atoms with Crippen molar-refractivity contribution < 1.29 is 0 Å². The molecule has 0 aliphatic rings. The number of aromatic nitrogens is 2. The highest BCUT2D eigenvalue weighted by molar-refractivity contribution is 7.99. The highest BCUT2D eigenvalue weighted by Crippen LogP contribution is 2.24. The zero-order valence-corrected chi connectivity index (χ0v) is 9.16. The largest absolute Gasteiger partial charge is 0.396 e. The third-order valence-electron chi connectivity index (χ3n) is 1.85. The van der Waals surface area contributed by atoms with Crippen molar-refractivity contribution in [1.82, 2.24) is 9.97 Å². The van der Waals surface area contributed by atoms with E-state index in [1.165, 1.54) is 17.3 Å². The Morgan fingerprint density at radius 3 is 2.60 bits per heavy atom. The molecule has 2 aromatic rings. The van der Waals surface area contributed by atoms with Crippen LogP contribution in [0.3, 0.4) is 0 Å². The van der Waals surface area contributed by atoms with Crippen molar-refractivity contribution in [1.29, 1.82) is 0 Å². The van der Waals surface area contributed by atoms with Crippen LogP contribution in [0.4, 0.5) is 5.69 Å². The lowest BCUT2D eigenvalue weighted by Gasteiger charge is -2.00. The number of nitrogens with zero attached hydrogens (tertiary/aromatic N) is 2. The highest BCUT2D eigenvalue weighted by Gasteiger charge is 1.99. The number of benzene rings is 1. The van der Waals surface area contributed by atoms with Gasteiger partial charge in [-0.25, -0.2) is 9.97 Å². The summed E-state index contributed by atoms with van der Waals surface area (Å²) in [5, 5.41) is 0.717. The van der Waals surface area contributed by atoms with E-state index in [0.29, 0.717) is 5.69 Å². The molecule has 0 atom stereocenters. The van der Waals surface area contributed by atoms with Gasteiger partial charge in [0.1, 0.15) is 0 Å². The molecule has 0 aliphatic carbocycles. The van der Waals surface area contributed by atoms with Crippen LogP contribution in [-0.4, -0.2) is 9.97 Å².